The molecule has 0 aliphatic rings. The number of carbonyl (C=O) groups is 1. The molecule has 3 nitrogen and oxygen atoms in total. The maximum absolute atomic E-state index is 12.1. The van der Waals surface area contributed by atoms with Crippen LogP contribution in [-0.2, 0) is 0 Å². The second-order valence-electron chi connectivity index (χ2n) is 5.47. The van der Waals surface area contributed by atoms with E-state index in [4.69, 9.17) is 11.6 Å². The van der Waals surface area contributed by atoms with Gasteiger partial charge in [-0.1, -0.05) is 13.8 Å². The van der Waals surface area contributed by atoms with Gasteiger partial charge in [-0.25, -0.2) is 0 Å². The zero-order valence-electron chi connectivity index (χ0n) is 13.5. The van der Waals surface area contributed by atoms with Gasteiger partial charge >= 0.3 is 0 Å². The predicted molar refractivity (Wildman–Crippen MR) is 86.1 cm³/mol. The van der Waals surface area contributed by atoms with E-state index in [2.05, 4.69) is 37.2 Å². The Kier molecular flexibility index (Phi) is 6.28. The van der Waals surface area contributed by atoms with Crippen LogP contribution in [0.15, 0.2) is 6.07 Å². The van der Waals surface area contributed by atoms with E-state index in [0.29, 0.717) is 6.04 Å². The SMILES string of the molecule is CCN(CC)CC(C)n1c(C)cc(C(=O)C(C)Cl)c1C. The molecule has 0 fully saturated rings. The maximum Gasteiger partial charge on any atom is 0.182 e. The summed E-state index contributed by atoms with van der Waals surface area (Å²) in [4.78, 5) is 14.5. The van der Waals surface area contributed by atoms with Crippen LogP contribution in [0.2, 0.25) is 0 Å². The first-order chi connectivity index (χ1) is 9.33. The topological polar surface area (TPSA) is 25.2 Å². The van der Waals surface area contributed by atoms with Crippen LogP contribution in [0.4, 0.5) is 0 Å². The van der Waals surface area contributed by atoms with Crippen molar-refractivity contribution in [2.75, 3.05) is 19.6 Å². The lowest BCUT2D eigenvalue weighted by Crippen LogP contribution is -2.30. The zero-order valence-corrected chi connectivity index (χ0v) is 14.3. The fourth-order valence-electron chi connectivity index (χ4n) is 2.86. The number of halogens is 1. The number of likely N-dealkylation sites (N-methyl/N-ethyl adjacent to an activating group) is 1. The van der Waals surface area contributed by atoms with Gasteiger partial charge in [0.1, 0.15) is 0 Å². The van der Waals surface area contributed by atoms with Gasteiger partial charge in [0.25, 0.3) is 0 Å². The van der Waals surface area contributed by atoms with Gasteiger partial charge < -0.3 is 9.47 Å². The predicted octanol–water partition coefficient (Wildman–Crippen LogP) is 3.82. The van der Waals surface area contributed by atoms with Crippen molar-refractivity contribution in [2.45, 2.75) is 53.0 Å². The van der Waals surface area contributed by atoms with Crippen LogP contribution in [0.5, 0.6) is 0 Å². The average Bonchev–Trinajstić information content (AvgIpc) is 2.70. The Morgan fingerprint density at radius 1 is 1.30 bits per heavy atom. The molecule has 1 aromatic rings. The molecule has 0 aromatic carbocycles. The largest absolute Gasteiger partial charge is 0.344 e. The molecule has 1 rings (SSSR count). The Balaban J connectivity index is 3.04. The molecule has 0 saturated carbocycles. The summed E-state index contributed by atoms with van der Waals surface area (Å²) in [7, 11) is 0. The Labute approximate surface area is 127 Å². The summed E-state index contributed by atoms with van der Waals surface area (Å²) < 4.78 is 2.25. The van der Waals surface area contributed by atoms with Gasteiger partial charge in [-0.3, -0.25) is 4.79 Å². The fourth-order valence-corrected chi connectivity index (χ4v) is 2.97. The van der Waals surface area contributed by atoms with Gasteiger partial charge in [0.2, 0.25) is 0 Å². The Morgan fingerprint density at radius 3 is 2.30 bits per heavy atom. The Bertz CT molecular complexity index is 461. The Morgan fingerprint density at radius 2 is 1.85 bits per heavy atom. The van der Waals surface area contributed by atoms with Crippen molar-refractivity contribution in [1.82, 2.24) is 9.47 Å². The van der Waals surface area contributed by atoms with Crippen LogP contribution in [-0.4, -0.2) is 40.3 Å². The molecule has 4 heteroatoms. The summed E-state index contributed by atoms with van der Waals surface area (Å²) in [6.45, 7) is 15.4. The van der Waals surface area contributed by atoms with Gasteiger partial charge in [-0.15, -0.1) is 11.6 Å². The van der Waals surface area contributed by atoms with Gasteiger partial charge in [0.05, 0.1) is 5.38 Å². The van der Waals surface area contributed by atoms with Crippen molar-refractivity contribution in [3.05, 3.63) is 23.0 Å². The number of nitrogens with zero attached hydrogens (tertiary/aromatic N) is 2. The van der Waals surface area contributed by atoms with Crippen LogP contribution >= 0.6 is 11.6 Å². The normalized spacial score (nSPS) is 14.6. The van der Waals surface area contributed by atoms with E-state index in [1.165, 1.54) is 0 Å². The summed E-state index contributed by atoms with van der Waals surface area (Å²) in [5.41, 5.74) is 2.92. The van der Waals surface area contributed by atoms with E-state index in [9.17, 15) is 4.79 Å². The third-order valence-corrected chi connectivity index (χ3v) is 4.17. The van der Waals surface area contributed by atoms with Crippen molar-refractivity contribution in [2.24, 2.45) is 0 Å². The molecule has 20 heavy (non-hydrogen) atoms. The summed E-state index contributed by atoms with van der Waals surface area (Å²) in [6, 6.07) is 2.32. The molecule has 0 saturated heterocycles. The first-order valence-electron chi connectivity index (χ1n) is 7.42. The lowest BCUT2D eigenvalue weighted by molar-refractivity contribution is 0.0991. The van der Waals surface area contributed by atoms with Gasteiger partial charge in [0.15, 0.2) is 5.78 Å². The molecule has 0 bridgehead atoms. The first-order valence-corrected chi connectivity index (χ1v) is 7.86. The molecule has 1 heterocycles. The molecule has 2 atom stereocenters. The number of aromatic nitrogens is 1. The number of hydrogen-bond donors (Lipinski definition) is 0. The quantitative estimate of drug-likeness (QED) is 0.565. The average molecular weight is 299 g/mol. The highest BCUT2D eigenvalue weighted by Gasteiger charge is 2.21. The van der Waals surface area contributed by atoms with Crippen molar-refractivity contribution < 1.29 is 4.79 Å². The highest BCUT2D eigenvalue weighted by Crippen LogP contribution is 2.23. The monoisotopic (exact) mass is 298 g/mol. The molecule has 2 unspecified atom stereocenters. The molecule has 0 N–H and O–H groups in total. The summed E-state index contributed by atoms with van der Waals surface area (Å²) >= 11 is 5.94. The maximum atomic E-state index is 12.1. The summed E-state index contributed by atoms with van der Waals surface area (Å²) in [6.07, 6.45) is 0. The molecule has 0 radical (unpaired) electrons. The molecule has 0 amide bonds. The standard InChI is InChI=1S/C16H27ClN2O/c1-7-18(8-2)10-12(4)19-11(3)9-15(14(19)6)16(20)13(5)17/h9,12-13H,7-8,10H2,1-6H3. The van der Waals surface area contributed by atoms with E-state index in [1.54, 1.807) is 6.92 Å². The zero-order chi connectivity index (χ0) is 15.4. The number of carbonyl (C=O) groups excluding carboxylic acids is 1. The molecular weight excluding hydrogens is 272 g/mol. The van der Waals surface area contributed by atoms with E-state index in [-0.39, 0.29) is 5.78 Å². The summed E-state index contributed by atoms with van der Waals surface area (Å²) in [5, 5.41) is -0.470. The van der Waals surface area contributed by atoms with Crippen molar-refractivity contribution >= 4 is 17.4 Å². The molecule has 1 aromatic heterocycles. The summed E-state index contributed by atoms with van der Waals surface area (Å²) in [5.74, 6) is 0.0149. The third-order valence-electron chi connectivity index (χ3n) is 3.97. The highest BCUT2D eigenvalue weighted by molar-refractivity contribution is 6.33. The number of Topliss-reactive ketones (excluding diaryl/α,β-unsaturated/α-hetero) is 1. The molecular formula is C16H27ClN2O. The highest BCUT2D eigenvalue weighted by atomic mass is 35.5. The smallest absolute Gasteiger partial charge is 0.182 e. The van der Waals surface area contributed by atoms with Crippen LogP contribution in [0, 0.1) is 13.8 Å². The number of aryl methyl sites for hydroxylation is 1. The number of alkyl halides is 1. The van der Waals surface area contributed by atoms with Gasteiger partial charge in [-0.05, 0) is 46.9 Å². The second kappa shape index (κ2) is 7.28. The van der Waals surface area contributed by atoms with Gasteiger partial charge in [0, 0.05) is 29.5 Å². The number of rotatable bonds is 7. The second-order valence-corrected chi connectivity index (χ2v) is 6.12. The minimum atomic E-state index is -0.470. The van der Waals surface area contributed by atoms with Crippen LogP contribution in [0.1, 0.15) is 55.5 Å². The third kappa shape index (κ3) is 3.64. The lowest BCUT2D eigenvalue weighted by Gasteiger charge is -2.26. The molecule has 0 aliphatic carbocycles. The molecule has 0 aliphatic heterocycles. The van der Waals surface area contributed by atoms with Crippen LogP contribution < -0.4 is 0 Å². The minimum Gasteiger partial charge on any atom is -0.344 e. The van der Waals surface area contributed by atoms with E-state index in [0.717, 1.165) is 36.6 Å². The number of hydrogen-bond acceptors (Lipinski definition) is 2. The Hall–Kier alpha value is -0.800. The molecule has 114 valence electrons. The van der Waals surface area contributed by atoms with Gasteiger partial charge in [-0.2, -0.15) is 0 Å². The van der Waals surface area contributed by atoms with Crippen molar-refractivity contribution in [3.63, 3.8) is 0 Å². The van der Waals surface area contributed by atoms with E-state index < -0.39 is 5.38 Å². The van der Waals surface area contributed by atoms with E-state index in [1.807, 2.05) is 13.0 Å². The van der Waals surface area contributed by atoms with E-state index >= 15 is 0 Å². The van der Waals surface area contributed by atoms with Crippen molar-refractivity contribution in [3.8, 4) is 0 Å². The minimum absolute atomic E-state index is 0.0149. The molecule has 0 spiro atoms. The van der Waals surface area contributed by atoms with Crippen LogP contribution in [0.25, 0.3) is 0 Å². The van der Waals surface area contributed by atoms with Crippen molar-refractivity contribution in [1.29, 1.82) is 0 Å². The lowest BCUT2D eigenvalue weighted by atomic mass is 10.1. The fraction of sp³-hybridized carbons (Fsp3) is 0.688. The van der Waals surface area contributed by atoms with Crippen LogP contribution in [0.3, 0.4) is 0 Å². The number of ketones is 1. The first kappa shape index (κ1) is 17.3.